The summed E-state index contributed by atoms with van der Waals surface area (Å²) in [5, 5.41) is 0.415. The van der Waals surface area contributed by atoms with Crippen molar-refractivity contribution in [1.29, 1.82) is 0 Å². The number of esters is 1. The van der Waals surface area contributed by atoms with Gasteiger partial charge in [-0.2, -0.15) is 0 Å². The van der Waals surface area contributed by atoms with E-state index in [0.29, 0.717) is 48.8 Å². The number of hydrogen-bond donors (Lipinski definition) is 0. The molecule has 1 aliphatic rings. The fourth-order valence-electron chi connectivity index (χ4n) is 3.73. The summed E-state index contributed by atoms with van der Waals surface area (Å²) in [6, 6.07) is 13.0. The molecule has 0 unspecified atom stereocenters. The SMILES string of the molecule is CCOC(=O)C1CCN(C(=O)CN(c2cccc(Cl)c2C)S(=O)(=O)c2ccccc2)CC1. The number of nitrogens with zero attached hydrogens (tertiary/aromatic N) is 2. The highest BCUT2D eigenvalue weighted by molar-refractivity contribution is 7.92. The Kier molecular flexibility index (Phi) is 7.79. The first-order chi connectivity index (χ1) is 15.3. The number of halogens is 1. The third kappa shape index (κ3) is 5.24. The van der Waals surface area contributed by atoms with Crippen LogP contribution >= 0.6 is 11.6 Å². The monoisotopic (exact) mass is 478 g/mol. The van der Waals surface area contributed by atoms with Crippen LogP contribution in [0.25, 0.3) is 0 Å². The fourth-order valence-corrected chi connectivity index (χ4v) is 5.40. The van der Waals surface area contributed by atoms with Crippen LogP contribution in [-0.2, 0) is 24.3 Å². The number of rotatable bonds is 7. The standard InChI is InChI=1S/C23H27ClN2O5S/c1-3-31-23(28)18-12-14-25(15-13-18)22(27)16-26(21-11-7-10-20(24)17(21)2)32(29,30)19-8-5-4-6-9-19/h4-11,18H,3,12-16H2,1-2H3. The van der Waals surface area contributed by atoms with Gasteiger partial charge in [0.15, 0.2) is 0 Å². The van der Waals surface area contributed by atoms with E-state index in [4.69, 9.17) is 16.3 Å². The average molecular weight is 479 g/mol. The minimum absolute atomic E-state index is 0.0909. The maximum Gasteiger partial charge on any atom is 0.309 e. The van der Waals surface area contributed by atoms with Crippen molar-refractivity contribution >= 4 is 39.2 Å². The number of benzene rings is 2. The smallest absolute Gasteiger partial charge is 0.309 e. The van der Waals surface area contributed by atoms with Crippen LogP contribution in [0.1, 0.15) is 25.3 Å². The third-order valence-electron chi connectivity index (χ3n) is 5.59. The van der Waals surface area contributed by atoms with E-state index in [1.165, 1.54) is 12.1 Å². The second-order valence-electron chi connectivity index (χ2n) is 7.62. The van der Waals surface area contributed by atoms with Crippen molar-refractivity contribution < 1.29 is 22.7 Å². The summed E-state index contributed by atoms with van der Waals surface area (Å²) in [5.41, 5.74) is 0.929. The molecule has 0 aromatic heterocycles. The number of likely N-dealkylation sites (tertiary alicyclic amines) is 1. The van der Waals surface area contributed by atoms with E-state index >= 15 is 0 Å². The number of hydrogen-bond acceptors (Lipinski definition) is 5. The van der Waals surface area contributed by atoms with Gasteiger partial charge in [-0.1, -0.05) is 35.9 Å². The molecule has 0 N–H and O–H groups in total. The molecule has 0 spiro atoms. The first-order valence-electron chi connectivity index (χ1n) is 10.5. The molecule has 1 fully saturated rings. The Balaban J connectivity index is 1.85. The second-order valence-corrected chi connectivity index (χ2v) is 9.89. The summed E-state index contributed by atoms with van der Waals surface area (Å²) in [7, 11) is -4.01. The van der Waals surface area contributed by atoms with Gasteiger partial charge in [0.25, 0.3) is 10.0 Å². The molecule has 0 radical (unpaired) electrons. The van der Waals surface area contributed by atoms with Crippen LogP contribution in [0.3, 0.4) is 0 Å². The average Bonchev–Trinajstić information content (AvgIpc) is 2.80. The summed E-state index contributed by atoms with van der Waals surface area (Å²) < 4.78 is 33.1. The number of amides is 1. The number of carbonyl (C=O) groups is 2. The van der Waals surface area contributed by atoms with Crippen molar-refractivity contribution in [2.45, 2.75) is 31.6 Å². The molecule has 9 heteroatoms. The van der Waals surface area contributed by atoms with E-state index in [1.807, 2.05) is 0 Å². The third-order valence-corrected chi connectivity index (χ3v) is 7.77. The topological polar surface area (TPSA) is 84.0 Å². The Hall–Kier alpha value is -2.58. The quantitative estimate of drug-likeness (QED) is 0.567. The van der Waals surface area contributed by atoms with Gasteiger partial charge >= 0.3 is 5.97 Å². The Morgan fingerprint density at radius 1 is 1.09 bits per heavy atom. The van der Waals surface area contributed by atoms with Crippen LogP contribution in [0.4, 0.5) is 5.69 Å². The maximum atomic E-state index is 13.5. The van der Waals surface area contributed by atoms with Crippen LogP contribution in [0.15, 0.2) is 53.4 Å². The molecule has 0 saturated carbocycles. The van der Waals surface area contributed by atoms with E-state index in [0.717, 1.165) is 4.31 Å². The molecule has 1 amide bonds. The summed E-state index contributed by atoms with van der Waals surface area (Å²) in [4.78, 5) is 26.8. The van der Waals surface area contributed by atoms with Gasteiger partial charge in [0.1, 0.15) is 6.54 Å². The molecular formula is C23H27ClN2O5S. The van der Waals surface area contributed by atoms with E-state index in [2.05, 4.69) is 0 Å². The van der Waals surface area contributed by atoms with Gasteiger partial charge in [-0.3, -0.25) is 13.9 Å². The van der Waals surface area contributed by atoms with E-state index in [-0.39, 0.29) is 29.2 Å². The first kappa shape index (κ1) is 24.1. The molecule has 2 aromatic rings. The summed E-state index contributed by atoms with van der Waals surface area (Å²) in [6.45, 7) is 4.19. The van der Waals surface area contributed by atoms with Crippen molar-refractivity contribution in [3.05, 3.63) is 59.1 Å². The van der Waals surface area contributed by atoms with Crippen LogP contribution < -0.4 is 4.31 Å². The van der Waals surface area contributed by atoms with Gasteiger partial charge in [-0.05, 0) is 56.5 Å². The maximum absolute atomic E-state index is 13.5. The predicted octanol–water partition coefficient (Wildman–Crippen LogP) is 3.65. The minimum atomic E-state index is -4.01. The molecule has 0 atom stereocenters. The van der Waals surface area contributed by atoms with Gasteiger partial charge in [0.2, 0.25) is 5.91 Å². The molecule has 172 valence electrons. The Labute approximate surface area is 194 Å². The molecule has 0 bridgehead atoms. The largest absolute Gasteiger partial charge is 0.466 e. The number of sulfonamides is 1. The van der Waals surface area contributed by atoms with Crippen molar-refractivity contribution in [1.82, 2.24) is 4.90 Å². The van der Waals surface area contributed by atoms with E-state index < -0.39 is 10.0 Å². The molecule has 7 nitrogen and oxygen atoms in total. The van der Waals surface area contributed by atoms with Crippen LogP contribution in [-0.4, -0.2) is 51.4 Å². The molecule has 32 heavy (non-hydrogen) atoms. The van der Waals surface area contributed by atoms with Gasteiger partial charge in [-0.25, -0.2) is 8.42 Å². The number of carbonyl (C=O) groups excluding carboxylic acids is 2. The van der Waals surface area contributed by atoms with E-state index in [9.17, 15) is 18.0 Å². The Morgan fingerprint density at radius 2 is 1.75 bits per heavy atom. The molecular weight excluding hydrogens is 452 g/mol. The highest BCUT2D eigenvalue weighted by Gasteiger charge is 2.33. The van der Waals surface area contributed by atoms with Gasteiger partial charge < -0.3 is 9.64 Å². The predicted molar refractivity (Wildman–Crippen MR) is 123 cm³/mol. The highest BCUT2D eigenvalue weighted by Crippen LogP contribution is 2.31. The lowest BCUT2D eigenvalue weighted by Gasteiger charge is -2.33. The normalized spacial score (nSPS) is 14.8. The number of piperidine rings is 1. The lowest BCUT2D eigenvalue weighted by molar-refractivity contribution is -0.151. The van der Waals surface area contributed by atoms with Gasteiger partial charge in [0.05, 0.1) is 23.1 Å². The zero-order valence-electron chi connectivity index (χ0n) is 18.2. The summed E-state index contributed by atoms with van der Waals surface area (Å²) in [5.74, 6) is -0.813. The van der Waals surface area contributed by atoms with Crippen LogP contribution in [0, 0.1) is 12.8 Å². The van der Waals surface area contributed by atoms with Crippen molar-refractivity contribution in [3.8, 4) is 0 Å². The van der Waals surface area contributed by atoms with Crippen LogP contribution in [0.5, 0.6) is 0 Å². The summed E-state index contributed by atoms with van der Waals surface area (Å²) >= 11 is 6.25. The van der Waals surface area contributed by atoms with Crippen LogP contribution in [0.2, 0.25) is 5.02 Å². The molecule has 1 aliphatic heterocycles. The lowest BCUT2D eigenvalue weighted by Crippen LogP contribution is -2.47. The lowest BCUT2D eigenvalue weighted by atomic mass is 9.97. The van der Waals surface area contributed by atoms with Gasteiger partial charge in [0, 0.05) is 18.1 Å². The Morgan fingerprint density at radius 3 is 2.38 bits per heavy atom. The molecule has 3 rings (SSSR count). The first-order valence-corrected chi connectivity index (χ1v) is 12.3. The molecule has 1 saturated heterocycles. The van der Waals surface area contributed by atoms with Crippen molar-refractivity contribution in [2.75, 3.05) is 30.5 Å². The number of ether oxygens (including phenoxy) is 1. The molecule has 1 heterocycles. The zero-order valence-corrected chi connectivity index (χ0v) is 19.7. The van der Waals surface area contributed by atoms with Gasteiger partial charge in [-0.15, -0.1) is 0 Å². The summed E-state index contributed by atoms with van der Waals surface area (Å²) in [6.07, 6.45) is 0.985. The fraction of sp³-hybridized carbons (Fsp3) is 0.391. The zero-order chi connectivity index (χ0) is 23.3. The molecule has 0 aliphatic carbocycles. The van der Waals surface area contributed by atoms with Crippen molar-refractivity contribution in [3.63, 3.8) is 0 Å². The molecule has 2 aromatic carbocycles. The second kappa shape index (κ2) is 10.4. The van der Waals surface area contributed by atoms with Crippen molar-refractivity contribution in [2.24, 2.45) is 5.92 Å². The Bertz CT molecular complexity index is 1070. The minimum Gasteiger partial charge on any atom is -0.466 e. The number of anilines is 1. The van der Waals surface area contributed by atoms with E-state index in [1.54, 1.807) is 55.1 Å². The highest BCUT2D eigenvalue weighted by atomic mass is 35.5.